The van der Waals surface area contributed by atoms with Gasteiger partial charge in [-0.1, -0.05) is 13.8 Å². The summed E-state index contributed by atoms with van der Waals surface area (Å²) in [5.41, 5.74) is 0. The van der Waals surface area contributed by atoms with Crippen LogP contribution in [0.25, 0.3) is 0 Å². The quantitative estimate of drug-likeness (QED) is 0.700. The summed E-state index contributed by atoms with van der Waals surface area (Å²) in [7, 11) is 0. The summed E-state index contributed by atoms with van der Waals surface area (Å²) in [4.78, 5) is 13.9. The molecule has 0 aromatic heterocycles. The molecule has 4 heteroatoms. The van der Waals surface area contributed by atoms with Crippen molar-refractivity contribution in [2.24, 2.45) is 11.8 Å². The number of halogens is 1. The minimum absolute atomic E-state index is 0.0892. The minimum atomic E-state index is -0.851. The molecule has 0 spiro atoms. The molecule has 0 aromatic rings. The van der Waals surface area contributed by atoms with E-state index in [0.29, 0.717) is 24.8 Å². The Labute approximate surface area is 90.0 Å². The lowest BCUT2D eigenvalue weighted by molar-refractivity contribution is -0.132. The van der Waals surface area contributed by atoms with Crippen molar-refractivity contribution in [3.8, 4) is 0 Å². The maximum atomic E-state index is 12.9. The fraction of sp³-hybridized carbons (Fsp3) is 0.909. The average Bonchev–Trinajstić information content (AvgIpc) is 2.74. The molecule has 2 heterocycles. The van der Waals surface area contributed by atoms with E-state index < -0.39 is 6.17 Å². The Hall–Kier alpha value is -0.640. The number of likely N-dealkylation sites (tertiary alicyclic amines) is 1. The molecule has 3 nitrogen and oxygen atoms in total. The van der Waals surface area contributed by atoms with Crippen LogP contribution in [0, 0.1) is 11.8 Å². The summed E-state index contributed by atoms with van der Waals surface area (Å²) >= 11 is 0. The van der Waals surface area contributed by atoms with Crippen molar-refractivity contribution in [1.82, 2.24) is 10.2 Å². The molecule has 1 N–H and O–H groups in total. The van der Waals surface area contributed by atoms with Crippen LogP contribution in [0.15, 0.2) is 0 Å². The predicted molar refractivity (Wildman–Crippen MR) is 56.2 cm³/mol. The first-order valence-corrected chi connectivity index (χ1v) is 5.74. The van der Waals surface area contributed by atoms with Gasteiger partial charge in [0, 0.05) is 26.1 Å². The van der Waals surface area contributed by atoms with Gasteiger partial charge in [0.25, 0.3) is 0 Å². The van der Waals surface area contributed by atoms with Crippen LogP contribution in [0.4, 0.5) is 4.39 Å². The molecule has 0 saturated carbocycles. The summed E-state index contributed by atoms with van der Waals surface area (Å²) in [5.74, 6) is 1.22. The van der Waals surface area contributed by atoms with Gasteiger partial charge in [0.1, 0.15) is 6.17 Å². The predicted octanol–water partition coefficient (Wildman–Crippen LogP) is 0.801. The van der Waals surface area contributed by atoms with Gasteiger partial charge >= 0.3 is 0 Å². The highest BCUT2D eigenvalue weighted by Crippen LogP contribution is 2.24. The van der Waals surface area contributed by atoms with Gasteiger partial charge in [-0.05, 0) is 11.8 Å². The van der Waals surface area contributed by atoms with Gasteiger partial charge in [-0.15, -0.1) is 0 Å². The van der Waals surface area contributed by atoms with Gasteiger partial charge < -0.3 is 10.2 Å². The fourth-order valence-electron chi connectivity index (χ4n) is 2.41. The smallest absolute Gasteiger partial charge is 0.239 e. The van der Waals surface area contributed by atoms with Crippen molar-refractivity contribution >= 4 is 5.91 Å². The molecular formula is C11H19FN2O. The highest BCUT2D eigenvalue weighted by atomic mass is 19.1. The molecule has 2 fully saturated rings. The van der Waals surface area contributed by atoms with Crippen LogP contribution in [0.2, 0.25) is 0 Å². The summed E-state index contributed by atoms with van der Waals surface area (Å²) in [6.45, 7) is 6.32. The Morgan fingerprint density at radius 1 is 1.33 bits per heavy atom. The summed E-state index contributed by atoms with van der Waals surface area (Å²) in [6, 6.07) is -0.280. The van der Waals surface area contributed by atoms with Crippen molar-refractivity contribution in [2.45, 2.75) is 32.5 Å². The molecule has 2 saturated heterocycles. The first kappa shape index (κ1) is 10.9. The highest BCUT2D eigenvalue weighted by Gasteiger charge is 2.36. The van der Waals surface area contributed by atoms with E-state index in [2.05, 4.69) is 19.2 Å². The van der Waals surface area contributed by atoms with Crippen LogP contribution < -0.4 is 5.32 Å². The number of rotatable bonds is 1. The first-order valence-electron chi connectivity index (χ1n) is 5.74. The maximum absolute atomic E-state index is 12.9. The molecule has 86 valence electrons. The molecule has 2 rings (SSSR count). The molecular weight excluding hydrogens is 195 g/mol. The molecule has 0 bridgehead atoms. The molecule has 2 aliphatic rings. The van der Waals surface area contributed by atoms with E-state index in [1.54, 1.807) is 0 Å². The molecule has 2 unspecified atom stereocenters. The Balaban J connectivity index is 1.92. The van der Waals surface area contributed by atoms with Crippen LogP contribution in [-0.2, 0) is 4.79 Å². The second-order valence-electron chi connectivity index (χ2n) is 4.99. The van der Waals surface area contributed by atoms with Gasteiger partial charge in [-0.25, -0.2) is 4.39 Å². The van der Waals surface area contributed by atoms with Gasteiger partial charge in [-0.3, -0.25) is 4.79 Å². The van der Waals surface area contributed by atoms with E-state index in [4.69, 9.17) is 0 Å². The monoisotopic (exact) mass is 214 g/mol. The minimum Gasteiger partial charge on any atom is -0.341 e. The van der Waals surface area contributed by atoms with Gasteiger partial charge in [0.05, 0.1) is 6.04 Å². The fourth-order valence-corrected chi connectivity index (χ4v) is 2.41. The van der Waals surface area contributed by atoms with Crippen molar-refractivity contribution in [3.05, 3.63) is 0 Å². The number of nitrogens with one attached hydrogen (secondary N) is 1. The zero-order valence-electron chi connectivity index (χ0n) is 9.37. The second-order valence-corrected chi connectivity index (χ2v) is 4.99. The van der Waals surface area contributed by atoms with E-state index in [0.717, 1.165) is 13.1 Å². The van der Waals surface area contributed by atoms with E-state index >= 15 is 0 Å². The Bertz CT molecular complexity index is 249. The largest absolute Gasteiger partial charge is 0.341 e. The van der Waals surface area contributed by atoms with Crippen LogP contribution >= 0.6 is 0 Å². The van der Waals surface area contributed by atoms with Crippen molar-refractivity contribution < 1.29 is 9.18 Å². The molecule has 0 aliphatic carbocycles. The SMILES string of the molecule is CC1CN(C(=O)[C@H]2C[C@H](F)CN2)CC1C. The third kappa shape index (κ3) is 2.14. The van der Waals surface area contributed by atoms with Gasteiger partial charge in [-0.2, -0.15) is 0 Å². The normalized spacial score (nSPS) is 41.1. The number of alkyl halides is 1. The van der Waals surface area contributed by atoms with Gasteiger partial charge in [0.2, 0.25) is 5.91 Å². The maximum Gasteiger partial charge on any atom is 0.239 e. The summed E-state index contributed by atoms with van der Waals surface area (Å²) in [5, 5.41) is 2.95. The van der Waals surface area contributed by atoms with Crippen LogP contribution in [0.5, 0.6) is 0 Å². The summed E-state index contributed by atoms with van der Waals surface area (Å²) < 4.78 is 12.9. The zero-order valence-corrected chi connectivity index (χ0v) is 9.37. The molecule has 1 amide bonds. The first-order chi connectivity index (χ1) is 7.08. The van der Waals surface area contributed by atoms with E-state index in [9.17, 15) is 9.18 Å². The van der Waals surface area contributed by atoms with Gasteiger partial charge in [0.15, 0.2) is 0 Å². The molecule has 2 aliphatic heterocycles. The lowest BCUT2D eigenvalue weighted by atomic mass is 10.0. The number of carbonyl (C=O) groups is 1. The summed E-state index contributed by atoms with van der Waals surface area (Å²) in [6.07, 6.45) is -0.505. The second kappa shape index (κ2) is 4.08. The number of nitrogens with zero attached hydrogens (tertiary/aromatic N) is 1. The Morgan fingerprint density at radius 3 is 2.40 bits per heavy atom. The third-order valence-corrected chi connectivity index (χ3v) is 3.68. The molecule has 15 heavy (non-hydrogen) atoms. The molecule has 4 atom stereocenters. The standard InChI is InChI=1S/C11H19FN2O/c1-7-5-14(6-8(7)2)11(15)10-3-9(12)4-13-10/h7-10,13H,3-6H2,1-2H3/t7?,8?,9-,10+/m0/s1. The Kier molecular flexibility index (Phi) is 2.96. The number of carbonyl (C=O) groups excluding carboxylic acids is 1. The van der Waals surface area contributed by atoms with E-state index in [-0.39, 0.29) is 11.9 Å². The third-order valence-electron chi connectivity index (χ3n) is 3.68. The number of hydrogen-bond acceptors (Lipinski definition) is 2. The lowest BCUT2D eigenvalue weighted by Gasteiger charge is -2.20. The topological polar surface area (TPSA) is 32.3 Å². The van der Waals surface area contributed by atoms with Crippen LogP contribution in [0.1, 0.15) is 20.3 Å². The molecule has 0 radical (unpaired) electrons. The number of amides is 1. The Morgan fingerprint density at radius 2 is 1.93 bits per heavy atom. The highest BCUT2D eigenvalue weighted by molar-refractivity contribution is 5.82. The molecule has 0 aromatic carbocycles. The van der Waals surface area contributed by atoms with Crippen LogP contribution in [0.3, 0.4) is 0 Å². The van der Waals surface area contributed by atoms with Crippen molar-refractivity contribution in [1.29, 1.82) is 0 Å². The lowest BCUT2D eigenvalue weighted by Crippen LogP contribution is -2.42. The zero-order chi connectivity index (χ0) is 11.0. The van der Waals surface area contributed by atoms with Crippen molar-refractivity contribution in [2.75, 3.05) is 19.6 Å². The van der Waals surface area contributed by atoms with Crippen LogP contribution in [-0.4, -0.2) is 42.7 Å². The van der Waals surface area contributed by atoms with Crippen molar-refractivity contribution in [3.63, 3.8) is 0 Å². The van der Waals surface area contributed by atoms with E-state index in [1.807, 2.05) is 4.90 Å². The number of hydrogen-bond donors (Lipinski definition) is 1. The average molecular weight is 214 g/mol. The van der Waals surface area contributed by atoms with E-state index in [1.165, 1.54) is 0 Å².